The molecule has 0 aliphatic carbocycles. The van der Waals surface area contributed by atoms with Gasteiger partial charge >= 0.3 is 6.03 Å². The number of carbonyl (C=O) groups excluding carboxylic acids is 1. The summed E-state index contributed by atoms with van der Waals surface area (Å²) in [6.45, 7) is 8.53. The van der Waals surface area contributed by atoms with Crippen molar-refractivity contribution in [3.8, 4) is 0 Å². The van der Waals surface area contributed by atoms with Crippen molar-refractivity contribution < 1.29 is 9.53 Å². The van der Waals surface area contributed by atoms with Crippen molar-refractivity contribution >= 4 is 6.03 Å². The summed E-state index contributed by atoms with van der Waals surface area (Å²) >= 11 is 0. The summed E-state index contributed by atoms with van der Waals surface area (Å²) in [7, 11) is 4.11. The Labute approximate surface area is 147 Å². The Balaban J connectivity index is 1.57. The van der Waals surface area contributed by atoms with E-state index in [-0.39, 0.29) is 6.03 Å². The fraction of sp³-hybridized carbons (Fsp3) is 0.944. The Bertz CT molecular complexity index is 370. The molecule has 2 heterocycles. The molecule has 2 fully saturated rings. The number of urea groups is 1. The van der Waals surface area contributed by atoms with Crippen LogP contribution in [-0.2, 0) is 4.74 Å². The van der Waals surface area contributed by atoms with Gasteiger partial charge in [0.1, 0.15) is 0 Å². The zero-order valence-electron chi connectivity index (χ0n) is 15.8. The zero-order valence-corrected chi connectivity index (χ0v) is 15.8. The van der Waals surface area contributed by atoms with Crippen LogP contribution in [0.15, 0.2) is 0 Å². The SMILES string of the molecule is CC1CCCCN1CCNC(=O)N1CCC(OCCN(C)C)CC1. The average Bonchev–Trinajstić information content (AvgIpc) is 2.57. The monoisotopic (exact) mass is 340 g/mol. The maximum atomic E-state index is 12.3. The first-order valence-corrected chi connectivity index (χ1v) is 9.59. The highest BCUT2D eigenvalue weighted by molar-refractivity contribution is 5.74. The van der Waals surface area contributed by atoms with Gasteiger partial charge in [-0.1, -0.05) is 6.42 Å². The van der Waals surface area contributed by atoms with Crippen LogP contribution in [0.4, 0.5) is 4.79 Å². The van der Waals surface area contributed by atoms with Gasteiger partial charge in [-0.2, -0.15) is 0 Å². The minimum Gasteiger partial charge on any atom is -0.377 e. The molecule has 24 heavy (non-hydrogen) atoms. The van der Waals surface area contributed by atoms with Crippen LogP contribution in [0, 0.1) is 0 Å². The lowest BCUT2D eigenvalue weighted by Crippen LogP contribution is -2.48. The summed E-state index contributed by atoms with van der Waals surface area (Å²) in [5.41, 5.74) is 0. The molecule has 0 saturated carbocycles. The van der Waals surface area contributed by atoms with E-state index >= 15 is 0 Å². The van der Waals surface area contributed by atoms with E-state index in [0.29, 0.717) is 12.1 Å². The molecule has 0 bridgehead atoms. The number of nitrogens with zero attached hydrogens (tertiary/aromatic N) is 3. The predicted molar refractivity (Wildman–Crippen MR) is 97.4 cm³/mol. The van der Waals surface area contributed by atoms with Crippen LogP contribution < -0.4 is 5.32 Å². The van der Waals surface area contributed by atoms with Gasteiger partial charge in [0.2, 0.25) is 0 Å². The molecule has 0 aromatic heterocycles. The number of nitrogens with one attached hydrogen (secondary N) is 1. The quantitative estimate of drug-likeness (QED) is 0.765. The molecule has 2 aliphatic rings. The number of piperidine rings is 2. The number of likely N-dealkylation sites (tertiary alicyclic amines) is 2. The zero-order chi connectivity index (χ0) is 17.4. The minimum absolute atomic E-state index is 0.0893. The van der Waals surface area contributed by atoms with Crippen LogP contribution in [0.1, 0.15) is 39.0 Å². The number of rotatable bonds is 7. The average molecular weight is 341 g/mol. The summed E-state index contributed by atoms with van der Waals surface area (Å²) in [6.07, 6.45) is 6.13. The Kier molecular flexibility index (Phi) is 8.29. The molecule has 1 N–H and O–H groups in total. The molecule has 2 rings (SSSR count). The smallest absolute Gasteiger partial charge is 0.317 e. The molecule has 0 radical (unpaired) electrons. The number of carbonyl (C=O) groups is 1. The van der Waals surface area contributed by atoms with Crippen molar-refractivity contribution in [2.45, 2.75) is 51.2 Å². The maximum Gasteiger partial charge on any atom is 0.317 e. The second-order valence-corrected chi connectivity index (χ2v) is 7.47. The summed E-state index contributed by atoms with van der Waals surface area (Å²) in [6, 6.07) is 0.747. The highest BCUT2D eigenvalue weighted by Crippen LogP contribution is 2.16. The minimum atomic E-state index is 0.0893. The Hall–Kier alpha value is -0.850. The highest BCUT2D eigenvalue weighted by atomic mass is 16.5. The number of amides is 2. The van der Waals surface area contributed by atoms with E-state index in [2.05, 4.69) is 36.1 Å². The van der Waals surface area contributed by atoms with E-state index in [1.165, 1.54) is 25.8 Å². The van der Waals surface area contributed by atoms with Crippen molar-refractivity contribution in [2.75, 3.05) is 60.0 Å². The Morgan fingerprint density at radius 1 is 1.17 bits per heavy atom. The van der Waals surface area contributed by atoms with Gasteiger partial charge in [-0.15, -0.1) is 0 Å². The normalized spacial score (nSPS) is 23.7. The lowest BCUT2D eigenvalue weighted by molar-refractivity contribution is 0.00907. The molecule has 0 spiro atoms. The third-order valence-electron chi connectivity index (χ3n) is 5.24. The van der Waals surface area contributed by atoms with E-state index in [1.807, 2.05) is 4.90 Å². The molecule has 6 heteroatoms. The van der Waals surface area contributed by atoms with Gasteiger partial charge in [-0.05, 0) is 53.2 Å². The summed E-state index contributed by atoms with van der Waals surface area (Å²) < 4.78 is 5.89. The van der Waals surface area contributed by atoms with Crippen LogP contribution in [0.3, 0.4) is 0 Å². The van der Waals surface area contributed by atoms with Crippen LogP contribution in [0.2, 0.25) is 0 Å². The summed E-state index contributed by atoms with van der Waals surface area (Å²) in [5.74, 6) is 0. The molecule has 1 unspecified atom stereocenters. The lowest BCUT2D eigenvalue weighted by atomic mass is 10.0. The van der Waals surface area contributed by atoms with Gasteiger partial charge in [0.05, 0.1) is 12.7 Å². The van der Waals surface area contributed by atoms with Crippen LogP contribution in [0.5, 0.6) is 0 Å². The van der Waals surface area contributed by atoms with Crippen molar-refractivity contribution in [3.05, 3.63) is 0 Å². The summed E-state index contributed by atoms with van der Waals surface area (Å²) in [5, 5.41) is 3.09. The lowest BCUT2D eigenvalue weighted by Gasteiger charge is -2.34. The van der Waals surface area contributed by atoms with Crippen LogP contribution >= 0.6 is 0 Å². The van der Waals surface area contributed by atoms with E-state index in [1.54, 1.807) is 0 Å². The predicted octanol–water partition coefficient (Wildman–Crippen LogP) is 1.61. The van der Waals surface area contributed by atoms with Gasteiger partial charge in [-0.3, -0.25) is 4.90 Å². The van der Waals surface area contributed by atoms with E-state index in [4.69, 9.17) is 4.74 Å². The number of likely N-dealkylation sites (N-methyl/N-ethyl adjacent to an activating group) is 1. The fourth-order valence-electron chi connectivity index (χ4n) is 3.54. The van der Waals surface area contributed by atoms with Crippen molar-refractivity contribution in [3.63, 3.8) is 0 Å². The molecule has 2 aliphatic heterocycles. The first kappa shape index (κ1) is 19.5. The molecule has 6 nitrogen and oxygen atoms in total. The molecule has 140 valence electrons. The van der Waals surface area contributed by atoms with Gasteiger partial charge < -0.3 is 19.9 Å². The molecule has 2 saturated heterocycles. The van der Waals surface area contributed by atoms with Crippen molar-refractivity contribution in [1.82, 2.24) is 20.0 Å². The molecule has 0 aromatic rings. The van der Waals surface area contributed by atoms with Gasteiger partial charge in [-0.25, -0.2) is 4.79 Å². The highest BCUT2D eigenvalue weighted by Gasteiger charge is 2.23. The Morgan fingerprint density at radius 2 is 1.92 bits per heavy atom. The standard InChI is InChI=1S/C18H36N4O2/c1-16-6-4-5-10-21(16)13-9-19-18(23)22-11-7-17(8-12-22)24-15-14-20(2)3/h16-17H,4-15H2,1-3H3,(H,19,23). The topological polar surface area (TPSA) is 48.1 Å². The van der Waals surface area contributed by atoms with Gasteiger partial charge in [0.25, 0.3) is 0 Å². The van der Waals surface area contributed by atoms with Crippen LogP contribution in [-0.4, -0.2) is 92.8 Å². The molecule has 0 aromatic carbocycles. The first-order chi connectivity index (χ1) is 11.6. The molecular formula is C18H36N4O2. The molecular weight excluding hydrogens is 304 g/mol. The third kappa shape index (κ3) is 6.57. The van der Waals surface area contributed by atoms with Gasteiger partial charge in [0, 0.05) is 38.8 Å². The first-order valence-electron chi connectivity index (χ1n) is 9.59. The van der Waals surface area contributed by atoms with Crippen LogP contribution in [0.25, 0.3) is 0 Å². The molecule has 1 atom stereocenters. The van der Waals surface area contributed by atoms with E-state index in [9.17, 15) is 4.79 Å². The number of hydrogen-bond acceptors (Lipinski definition) is 4. The largest absolute Gasteiger partial charge is 0.377 e. The fourth-order valence-corrected chi connectivity index (χ4v) is 3.54. The number of ether oxygens (including phenoxy) is 1. The summed E-state index contributed by atoms with van der Waals surface area (Å²) in [4.78, 5) is 18.8. The maximum absolute atomic E-state index is 12.3. The molecule has 2 amide bonds. The van der Waals surface area contributed by atoms with Gasteiger partial charge in [0.15, 0.2) is 0 Å². The van der Waals surface area contributed by atoms with Crippen molar-refractivity contribution in [2.24, 2.45) is 0 Å². The number of hydrogen-bond donors (Lipinski definition) is 1. The van der Waals surface area contributed by atoms with Crippen molar-refractivity contribution in [1.29, 1.82) is 0 Å². The second kappa shape index (κ2) is 10.2. The van der Waals surface area contributed by atoms with E-state index < -0.39 is 0 Å². The second-order valence-electron chi connectivity index (χ2n) is 7.47. The third-order valence-corrected chi connectivity index (χ3v) is 5.24. The van der Waals surface area contributed by atoms with E-state index in [0.717, 1.165) is 52.2 Å². The Morgan fingerprint density at radius 3 is 2.58 bits per heavy atom.